The summed E-state index contributed by atoms with van der Waals surface area (Å²) in [5.74, 6) is -1.54. The average molecular weight is 265 g/mol. The van der Waals surface area contributed by atoms with Crippen molar-refractivity contribution in [1.29, 1.82) is 0 Å². The van der Waals surface area contributed by atoms with Crippen molar-refractivity contribution >= 4 is 11.9 Å². The predicted molar refractivity (Wildman–Crippen MR) is 71.4 cm³/mol. The third-order valence-electron chi connectivity index (χ3n) is 2.95. The molecule has 19 heavy (non-hydrogen) atoms. The van der Waals surface area contributed by atoms with Gasteiger partial charge in [-0.3, -0.25) is 4.79 Å². The molecule has 104 valence electrons. The first-order chi connectivity index (χ1) is 8.86. The molecule has 0 bridgehead atoms. The van der Waals surface area contributed by atoms with Gasteiger partial charge in [-0.15, -0.1) is 0 Å². The average Bonchev–Trinajstić information content (AvgIpc) is 2.34. The molecule has 0 saturated heterocycles. The summed E-state index contributed by atoms with van der Waals surface area (Å²) in [7, 11) is 3.08. The van der Waals surface area contributed by atoms with Crippen LogP contribution in [0.1, 0.15) is 16.7 Å². The fourth-order valence-corrected chi connectivity index (χ4v) is 2.07. The molecule has 1 N–H and O–H groups in total. The van der Waals surface area contributed by atoms with E-state index in [-0.39, 0.29) is 0 Å². The van der Waals surface area contributed by atoms with E-state index in [1.807, 2.05) is 26.0 Å². The number of carbonyl (C=O) groups is 2. The Kier molecular flexibility index (Phi) is 4.92. The minimum Gasteiger partial charge on any atom is -0.496 e. The number of carboxylic acids is 1. The third-order valence-corrected chi connectivity index (χ3v) is 2.95. The zero-order chi connectivity index (χ0) is 14.6. The van der Waals surface area contributed by atoms with Crippen LogP contribution in [-0.2, 0) is 16.0 Å². The Morgan fingerprint density at radius 1 is 1.32 bits per heavy atom. The van der Waals surface area contributed by atoms with Crippen LogP contribution in [0, 0.1) is 13.8 Å². The Hall–Kier alpha value is -2.04. The van der Waals surface area contributed by atoms with Crippen molar-refractivity contribution in [3.8, 4) is 5.75 Å². The van der Waals surface area contributed by atoms with Crippen LogP contribution >= 0.6 is 0 Å². The summed E-state index contributed by atoms with van der Waals surface area (Å²) in [5.41, 5.74) is 3.12. The molecule has 0 aliphatic carbocycles. The van der Waals surface area contributed by atoms with E-state index < -0.39 is 11.9 Å². The number of hydrogen-bond donors (Lipinski definition) is 1. The van der Waals surface area contributed by atoms with Crippen LogP contribution in [0.2, 0.25) is 0 Å². The lowest BCUT2D eigenvalue weighted by Gasteiger charge is -2.17. The maximum Gasteiger partial charge on any atom is 0.394 e. The first-order valence-electron chi connectivity index (χ1n) is 5.99. The van der Waals surface area contributed by atoms with Gasteiger partial charge in [0.05, 0.1) is 7.11 Å². The molecule has 1 aromatic carbocycles. The second-order valence-electron chi connectivity index (χ2n) is 4.56. The molecule has 1 aromatic rings. The molecule has 0 radical (unpaired) electrons. The molecule has 0 spiro atoms. The largest absolute Gasteiger partial charge is 0.496 e. The molecule has 1 amide bonds. The van der Waals surface area contributed by atoms with Crippen LogP contribution in [0.25, 0.3) is 0 Å². The van der Waals surface area contributed by atoms with Gasteiger partial charge in [-0.1, -0.05) is 17.7 Å². The Morgan fingerprint density at radius 3 is 2.47 bits per heavy atom. The van der Waals surface area contributed by atoms with Gasteiger partial charge in [0.2, 0.25) is 0 Å². The van der Waals surface area contributed by atoms with Gasteiger partial charge in [-0.25, -0.2) is 4.79 Å². The Morgan fingerprint density at radius 2 is 1.95 bits per heavy atom. The number of likely N-dealkylation sites (N-methyl/N-ethyl adjacent to an activating group) is 1. The number of hydrogen-bond acceptors (Lipinski definition) is 3. The highest BCUT2D eigenvalue weighted by Crippen LogP contribution is 2.25. The van der Waals surface area contributed by atoms with E-state index in [1.54, 1.807) is 7.11 Å². The van der Waals surface area contributed by atoms with Gasteiger partial charge in [0, 0.05) is 13.6 Å². The summed E-state index contributed by atoms with van der Waals surface area (Å²) in [6.07, 6.45) is 0.557. The lowest BCUT2D eigenvalue weighted by atomic mass is 10.0. The van der Waals surface area contributed by atoms with Gasteiger partial charge >= 0.3 is 11.9 Å². The van der Waals surface area contributed by atoms with Gasteiger partial charge in [-0.2, -0.15) is 0 Å². The maximum absolute atomic E-state index is 11.2. The number of rotatable bonds is 4. The van der Waals surface area contributed by atoms with E-state index in [9.17, 15) is 9.59 Å². The summed E-state index contributed by atoms with van der Waals surface area (Å²) < 4.78 is 5.35. The summed E-state index contributed by atoms with van der Waals surface area (Å²) in [4.78, 5) is 23.0. The fourth-order valence-electron chi connectivity index (χ4n) is 2.07. The topological polar surface area (TPSA) is 66.8 Å². The number of amides is 1. The molecule has 0 unspecified atom stereocenters. The van der Waals surface area contributed by atoms with Gasteiger partial charge in [0.1, 0.15) is 5.75 Å². The summed E-state index contributed by atoms with van der Waals surface area (Å²) >= 11 is 0. The molecule has 0 atom stereocenters. The number of benzene rings is 1. The van der Waals surface area contributed by atoms with Gasteiger partial charge in [0.25, 0.3) is 0 Å². The molecular weight excluding hydrogens is 246 g/mol. The van der Waals surface area contributed by atoms with Crippen LogP contribution in [0.4, 0.5) is 0 Å². The second kappa shape index (κ2) is 6.22. The van der Waals surface area contributed by atoms with Crippen molar-refractivity contribution in [2.45, 2.75) is 20.3 Å². The predicted octanol–water partition coefficient (Wildman–Crippen LogP) is 1.40. The molecule has 5 heteroatoms. The number of carboxylic acid groups (broad SMARTS) is 1. The van der Waals surface area contributed by atoms with Crippen LogP contribution in [0.3, 0.4) is 0 Å². The van der Waals surface area contributed by atoms with Crippen LogP contribution in [0.5, 0.6) is 5.75 Å². The van der Waals surface area contributed by atoms with E-state index in [1.165, 1.54) is 11.9 Å². The highest BCUT2D eigenvalue weighted by Gasteiger charge is 2.17. The van der Waals surface area contributed by atoms with E-state index in [2.05, 4.69) is 0 Å². The van der Waals surface area contributed by atoms with E-state index in [4.69, 9.17) is 9.84 Å². The number of carbonyl (C=O) groups excluding carboxylic acids is 1. The lowest BCUT2D eigenvalue weighted by Crippen LogP contribution is -2.34. The number of nitrogens with zero attached hydrogens (tertiary/aromatic N) is 1. The minimum atomic E-state index is -1.44. The van der Waals surface area contributed by atoms with Crippen LogP contribution in [-0.4, -0.2) is 42.6 Å². The van der Waals surface area contributed by atoms with Crippen molar-refractivity contribution in [3.05, 3.63) is 28.8 Å². The second-order valence-corrected chi connectivity index (χ2v) is 4.56. The van der Waals surface area contributed by atoms with E-state index >= 15 is 0 Å². The minimum absolute atomic E-state index is 0.338. The summed E-state index contributed by atoms with van der Waals surface area (Å²) in [6, 6.07) is 4.01. The quantitative estimate of drug-likeness (QED) is 0.836. The number of ether oxygens (including phenoxy) is 1. The molecule has 0 fully saturated rings. The van der Waals surface area contributed by atoms with E-state index in [0.29, 0.717) is 13.0 Å². The monoisotopic (exact) mass is 265 g/mol. The molecule has 0 aliphatic heterocycles. The number of methoxy groups -OCH3 is 1. The Balaban J connectivity index is 2.83. The summed E-state index contributed by atoms with van der Waals surface area (Å²) in [6.45, 7) is 4.29. The highest BCUT2D eigenvalue weighted by atomic mass is 16.5. The number of aryl methyl sites for hydroxylation is 2. The van der Waals surface area contributed by atoms with E-state index in [0.717, 1.165) is 22.4 Å². The molecular formula is C14H19NO4. The van der Waals surface area contributed by atoms with Crippen molar-refractivity contribution in [2.24, 2.45) is 0 Å². The molecule has 0 saturated carbocycles. The molecule has 0 aliphatic rings. The lowest BCUT2D eigenvalue weighted by molar-refractivity contribution is -0.155. The van der Waals surface area contributed by atoms with Crippen molar-refractivity contribution in [2.75, 3.05) is 20.7 Å². The normalized spacial score (nSPS) is 10.1. The zero-order valence-electron chi connectivity index (χ0n) is 11.7. The number of aliphatic carboxylic acids is 1. The summed E-state index contributed by atoms with van der Waals surface area (Å²) in [5, 5.41) is 8.62. The molecule has 5 nitrogen and oxygen atoms in total. The zero-order valence-corrected chi connectivity index (χ0v) is 11.7. The smallest absolute Gasteiger partial charge is 0.394 e. The Bertz CT molecular complexity index is 496. The van der Waals surface area contributed by atoms with Crippen LogP contribution < -0.4 is 4.74 Å². The SMILES string of the molecule is COc1c(C)cc(C)cc1CCN(C)C(=O)C(=O)O. The molecule has 0 aromatic heterocycles. The highest BCUT2D eigenvalue weighted by molar-refractivity contribution is 6.31. The van der Waals surface area contributed by atoms with Crippen molar-refractivity contribution in [1.82, 2.24) is 4.90 Å². The van der Waals surface area contributed by atoms with Gasteiger partial charge in [0.15, 0.2) is 0 Å². The molecule has 0 heterocycles. The Labute approximate surface area is 112 Å². The maximum atomic E-state index is 11.2. The standard InChI is InChI=1S/C14H19NO4/c1-9-7-10(2)12(19-4)11(8-9)5-6-15(3)13(16)14(17)18/h7-8H,5-6H2,1-4H3,(H,17,18). The van der Waals surface area contributed by atoms with Crippen molar-refractivity contribution in [3.63, 3.8) is 0 Å². The van der Waals surface area contributed by atoms with Gasteiger partial charge < -0.3 is 14.7 Å². The fraction of sp³-hybridized carbons (Fsp3) is 0.429. The first kappa shape index (κ1) is 15.0. The van der Waals surface area contributed by atoms with Crippen LogP contribution in [0.15, 0.2) is 12.1 Å². The molecule has 1 rings (SSSR count). The first-order valence-corrected chi connectivity index (χ1v) is 5.99. The third kappa shape index (κ3) is 3.71. The van der Waals surface area contributed by atoms with Crippen molar-refractivity contribution < 1.29 is 19.4 Å². The van der Waals surface area contributed by atoms with Gasteiger partial charge in [-0.05, 0) is 31.4 Å².